The molecule has 2 rings (SSSR count). The van der Waals surface area contributed by atoms with Crippen LogP contribution in [-0.4, -0.2) is 11.7 Å². The molecule has 1 atom stereocenters. The van der Waals surface area contributed by atoms with Crippen molar-refractivity contribution in [2.24, 2.45) is 17.1 Å². The minimum atomic E-state index is -0.931. The highest BCUT2D eigenvalue weighted by molar-refractivity contribution is 6.31. The van der Waals surface area contributed by atoms with Crippen LogP contribution in [0, 0.1) is 17.2 Å². The molecule has 0 radical (unpaired) electrons. The fraction of sp³-hybridized carbons (Fsp3) is 0.625. The van der Waals surface area contributed by atoms with Gasteiger partial charge in [0.15, 0.2) is 0 Å². The van der Waals surface area contributed by atoms with E-state index in [2.05, 4.69) is 6.92 Å². The third-order valence-electron chi connectivity index (χ3n) is 4.94. The summed E-state index contributed by atoms with van der Waals surface area (Å²) in [5, 5.41) is 11.0. The third-order valence-corrected chi connectivity index (χ3v) is 5.27. The maximum absolute atomic E-state index is 14.0. The normalized spacial score (nSPS) is 28.4. The number of hydrogen-bond acceptors (Lipinski definition) is 2. The second-order valence-electron chi connectivity index (χ2n) is 5.96. The van der Waals surface area contributed by atoms with Crippen LogP contribution in [0.4, 0.5) is 4.39 Å². The van der Waals surface area contributed by atoms with Gasteiger partial charge in [0.25, 0.3) is 0 Å². The molecule has 1 aromatic carbocycles. The van der Waals surface area contributed by atoms with E-state index in [0.717, 1.165) is 32.1 Å². The summed E-state index contributed by atoms with van der Waals surface area (Å²) in [6.45, 7) is 2.54. The largest absolute Gasteiger partial charge is 0.388 e. The number of aliphatic hydroxyl groups is 1. The molecule has 112 valence electrons. The van der Waals surface area contributed by atoms with Crippen molar-refractivity contribution >= 4 is 11.6 Å². The van der Waals surface area contributed by atoms with Crippen molar-refractivity contribution in [3.8, 4) is 0 Å². The van der Waals surface area contributed by atoms with Gasteiger partial charge in [-0.05, 0) is 43.7 Å². The van der Waals surface area contributed by atoms with Crippen LogP contribution in [0.1, 0.15) is 50.7 Å². The molecule has 0 aromatic heterocycles. The molecule has 3 N–H and O–H groups in total. The molecule has 0 bridgehead atoms. The Morgan fingerprint density at radius 2 is 2.10 bits per heavy atom. The second kappa shape index (κ2) is 6.42. The van der Waals surface area contributed by atoms with Crippen molar-refractivity contribution in [3.63, 3.8) is 0 Å². The second-order valence-corrected chi connectivity index (χ2v) is 6.36. The molecule has 20 heavy (non-hydrogen) atoms. The summed E-state index contributed by atoms with van der Waals surface area (Å²) in [6, 6.07) is 4.51. The van der Waals surface area contributed by atoms with Gasteiger partial charge in [-0.15, -0.1) is 0 Å². The van der Waals surface area contributed by atoms with Crippen molar-refractivity contribution in [2.75, 3.05) is 6.54 Å². The Morgan fingerprint density at radius 3 is 2.60 bits per heavy atom. The molecule has 1 aliphatic carbocycles. The number of hydrogen-bond donors (Lipinski definition) is 2. The maximum Gasteiger partial charge on any atom is 0.130 e. The molecule has 1 aliphatic rings. The van der Waals surface area contributed by atoms with Crippen LogP contribution in [0.5, 0.6) is 0 Å². The zero-order valence-corrected chi connectivity index (χ0v) is 12.7. The van der Waals surface area contributed by atoms with Crippen LogP contribution < -0.4 is 5.73 Å². The minimum absolute atomic E-state index is 0.203. The predicted octanol–water partition coefficient (Wildman–Crippen LogP) is 4.06. The fourth-order valence-corrected chi connectivity index (χ4v) is 3.59. The molecule has 0 amide bonds. The van der Waals surface area contributed by atoms with Gasteiger partial charge in [0.1, 0.15) is 5.82 Å². The highest BCUT2D eigenvalue weighted by atomic mass is 35.5. The minimum Gasteiger partial charge on any atom is -0.388 e. The molecule has 1 saturated carbocycles. The Balaban J connectivity index is 2.28. The van der Waals surface area contributed by atoms with E-state index in [4.69, 9.17) is 17.3 Å². The van der Waals surface area contributed by atoms with E-state index in [1.165, 1.54) is 6.07 Å². The van der Waals surface area contributed by atoms with Gasteiger partial charge >= 0.3 is 0 Å². The van der Waals surface area contributed by atoms with Crippen molar-refractivity contribution in [1.29, 1.82) is 0 Å². The molecule has 0 spiro atoms. The van der Waals surface area contributed by atoms with E-state index in [1.54, 1.807) is 12.1 Å². The van der Waals surface area contributed by atoms with Crippen molar-refractivity contribution in [2.45, 2.75) is 45.1 Å². The lowest BCUT2D eigenvalue weighted by Crippen LogP contribution is -2.40. The van der Waals surface area contributed by atoms with E-state index in [9.17, 15) is 9.50 Å². The average molecular weight is 300 g/mol. The number of halogens is 2. The molecule has 1 aromatic rings. The number of aliphatic hydroxyl groups excluding tert-OH is 1. The Morgan fingerprint density at radius 1 is 1.45 bits per heavy atom. The molecule has 2 nitrogen and oxygen atoms in total. The van der Waals surface area contributed by atoms with E-state index >= 15 is 0 Å². The van der Waals surface area contributed by atoms with Crippen LogP contribution >= 0.6 is 11.6 Å². The molecule has 0 saturated heterocycles. The van der Waals surface area contributed by atoms with E-state index < -0.39 is 17.3 Å². The zero-order chi connectivity index (χ0) is 14.8. The SMILES string of the molecule is CCC1CCC(CN)(C(O)c2c(F)cccc2Cl)CC1. The van der Waals surface area contributed by atoms with Crippen molar-refractivity contribution in [1.82, 2.24) is 0 Å². The predicted molar refractivity (Wildman–Crippen MR) is 80.1 cm³/mol. The summed E-state index contributed by atoms with van der Waals surface area (Å²) in [4.78, 5) is 0. The van der Waals surface area contributed by atoms with E-state index in [0.29, 0.717) is 12.5 Å². The van der Waals surface area contributed by atoms with E-state index in [1.807, 2.05) is 0 Å². The average Bonchev–Trinajstić information content (AvgIpc) is 2.47. The summed E-state index contributed by atoms with van der Waals surface area (Å²) in [5.74, 6) is 0.244. The molecule has 0 heterocycles. The molecular weight excluding hydrogens is 277 g/mol. The van der Waals surface area contributed by atoms with Gasteiger partial charge in [0, 0.05) is 22.5 Å². The van der Waals surface area contributed by atoms with Crippen LogP contribution in [0.15, 0.2) is 18.2 Å². The first kappa shape index (κ1) is 15.7. The topological polar surface area (TPSA) is 46.2 Å². The Kier molecular flexibility index (Phi) is 5.05. The van der Waals surface area contributed by atoms with Crippen LogP contribution in [0.2, 0.25) is 5.02 Å². The maximum atomic E-state index is 14.0. The lowest BCUT2D eigenvalue weighted by molar-refractivity contribution is -0.0122. The summed E-state index contributed by atoms with van der Waals surface area (Å²) in [7, 11) is 0. The van der Waals surface area contributed by atoms with Crippen LogP contribution in [0.25, 0.3) is 0 Å². The van der Waals surface area contributed by atoms with Gasteiger partial charge in [-0.25, -0.2) is 4.39 Å². The first-order chi connectivity index (χ1) is 9.54. The van der Waals surface area contributed by atoms with Crippen molar-refractivity contribution < 1.29 is 9.50 Å². The molecule has 1 fully saturated rings. The summed E-state index contributed by atoms with van der Waals surface area (Å²) in [6.07, 6.45) is 3.95. The third kappa shape index (κ3) is 2.85. The van der Waals surface area contributed by atoms with Gasteiger partial charge < -0.3 is 10.8 Å². The van der Waals surface area contributed by atoms with Gasteiger partial charge in [-0.1, -0.05) is 31.0 Å². The van der Waals surface area contributed by atoms with E-state index in [-0.39, 0.29) is 10.6 Å². The highest BCUT2D eigenvalue weighted by Crippen LogP contribution is 2.49. The van der Waals surface area contributed by atoms with Gasteiger partial charge in [-0.3, -0.25) is 0 Å². The summed E-state index contributed by atoms with van der Waals surface area (Å²) >= 11 is 6.08. The first-order valence-electron chi connectivity index (χ1n) is 7.36. The van der Waals surface area contributed by atoms with Crippen LogP contribution in [-0.2, 0) is 0 Å². The first-order valence-corrected chi connectivity index (χ1v) is 7.74. The number of rotatable bonds is 4. The lowest BCUT2D eigenvalue weighted by Gasteiger charge is -2.43. The van der Waals surface area contributed by atoms with Crippen LogP contribution in [0.3, 0.4) is 0 Å². The monoisotopic (exact) mass is 299 g/mol. The molecule has 1 unspecified atom stereocenters. The molecule has 4 heteroatoms. The Labute approximate surface area is 125 Å². The highest BCUT2D eigenvalue weighted by Gasteiger charge is 2.42. The standard InChI is InChI=1S/C16H23ClFNO/c1-2-11-6-8-16(10-19,9-7-11)15(20)14-12(17)4-3-5-13(14)18/h3-5,11,15,20H,2,6-10,19H2,1H3. The summed E-state index contributed by atoms with van der Waals surface area (Å²) < 4.78 is 14.0. The Bertz CT molecular complexity index is 438. The smallest absolute Gasteiger partial charge is 0.130 e. The lowest BCUT2D eigenvalue weighted by atomic mass is 9.65. The quantitative estimate of drug-likeness (QED) is 0.881. The van der Waals surface area contributed by atoms with Gasteiger partial charge in [-0.2, -0.15) is 0 Å². The summed E-state index contributed by atoms with van der Waals surface area (Å²) in [5.41, 5.74) is 5.69. The zero-order valence-electron chi connectivity index (χ0n) is 11.9. The number of nitrogens with two attached hydrogens (primary N) is 1. The van der Waals surface area contributed by atoms with Gasteiger partial charge in [0.05, 0.1) is 6.10 Å². The van der Waals surface area contributed by atoms with Crippen molar-refractivity contribution in [3.05, 3.63) is 34.6 Å². The number of benzene rings is 1. The van der Waals surface area contributed by atoms with Gasteiger partial charge in [0.2, 0.25) is 0 Å². The molecular formula is C16H23ClFNO. The molecule has 0 aliphatic heterocycles. The fourth-order valence-electron chi connectivity index (χ4n) is 3.33. The Hall–Kier alpha value is -0.640.